The number of rotatable bonds is 5. The summed E-state index contributed by atoms with van der Waals surface area (Å²) >= 11 is 3.41. The molecule has 1 aliphatic rings. The number of anilines is 1. The minimum absolute atomic E-state index is 0.144. The number of halogens is 1. The minimum atomic E-state index is -0.230. The predicted molar refractivity (Wildman–Crippen MR) is 95.7 cm³/mol. The van der Waals surface area contributed by atoms with Crippen LogP contribution in [0.15, 0.2) is 46.0 Å². The first-order valence-corrected chi connectivity index (χ1v) is 8.13. The van der Waals surface area contributed by atoms with Gasteiger partial charge in [-0.25, -0.2) is 5.43 Å². The lowest BCUT2D eigenvalue weighted by Gasteiger charge is -2.05. The maximum Gasteiger partial charge on any atom is 0.259 e. The van der Waals surface area contributed by atoms with E-state index in [0.717, 1.165) is 15.7 Å². The molecule has 0 saturated carbocycles. The number of ether oxygens (including phenoxy) is 2. The number of nitrogens with one attached hydrogen (secondary N) is 2. The summed E-state index contributed by atoms with van der Waals surface area (Å²) in [7, 11) is 0. The van der Waals surface area contributed by atoms with Gasteiger partial charge in [0.1, 0.15) is 0 Å². The molecule has 0 spiro atoms. The van der Waals surface area contributed by atoms with Gasteiger partial charge in [-0.05, 0) is 52.7 Å². The molecule has 2 N–H and O–H groups in total. The van der Waals surface area contributed by atoms with Crippen molar-refractivity contribution in [3.63, 3.8) is 0 Å². The van der Waals surface area contributed by atoms with Crippen LogP contribution >= 0.6 is 15.9 Å². The van der Waals surface area contributed by atoms with Crippen molar-refractivity contribution in [2.24, 2.45) is 5.10 Å². The largest absolute Gasteiger partial charge is 0.454 e. The van der Waals surface area contributed by atoms with Gasteiger partial charge in [0.15, 0.2) is 11.5 Å². The smallest absolute Gasteiger partial charge is 0.259 e. The lowest BCUT2D eigenvalue weighted by molar-refractivity contribution is -0.119. The molecule has 0 radical (unpaired) electrons. The Morgan fingerprint density at radius 2 is 2.08 bits per heavy atom. The van der Waals surface area contributed by atoms with Gasteiger partial charge in [0, 0.05) is 5.69 Å². The summed E-state index contributed by atoms with van der Waals surface area (Å²) in [4.78, 5) is 11.8. The van der Waals surface area contributed by atoms with E-state index >= 15 is 0 Å². The minimum Gasteiger partial charge on any atom is -0.454 e. The third-order valence-corrected chi connectivity index (χ3v) is 3.95. The van der Waals surface area contributed by atoms with Crippen LogP contribution in [0, 0.1) is 6.92 Å². The molecule has 0 saturated heterocycles. The number of fused-ring (bicyclic) bond motifs is 1. The van der Waals surface area contributed by atoms with Crippen LogP contribution < -0.4 is 20.2 Å². The molecule has 0 unspecified atom stereocenters. The average molecular weight is 390 g/mol. The molecule has 3 rings (SSSR count). The van der Waals surface area contributed by atoms with Crippen LogP contribution in [0.5, 0.6) is 11.5 Å². The molecule has 6 nitrogen and oxygen atoms in total. The zero-order valence-corrected chi connectivity index (χ0v) is 14.6. The summed E-state index contributed by atoms with van der Waals surface area (Å²) in [6, 6.07) is 11.5. The van der Waals surface area contributed by atoms with Gasteiger partial charge in [-0.2, -0.15) is 5.10 Å². The Labute approximate surface area is 148 Å². The van der Waals surface area contributed by atoms with E-state index in [1.54, 1.807) is 12.3 Å². The molecule has 1 aliphatic heterocycles. The second-order valence-corrected chi connectivity index (χ2v) is 6.10. The maximum absolute atomic E-state index is 11.8. The van der Waals surface area contributed by atoms with Crippen LogP contribution in [-0.2, 0) is 4.79 Å². The lowest BCUT2D eigenvalue weighted by atomic mass is 10.2. The van der Waals surface area contributed by atoms with Gasteiger partial charge in [0.2, 0.25) is 6.79 Å². The first-order valence-electron chi connectivity index (χ1n) is 7.33. The van der Waals surface area contributed by atoms with Gasteiger partial charge in [0.25, 0.3) is 5.91 Å². The predicted octanol–water partition coefficient (Wildman–Crippen LogP) is 3.05. The molecule has 0 fully saturated rings. The van der Waals surface area contributed by atoms with Crippen molar-refractivity contribution in [1.29, 1.82) is 0 Å². The monoisotopic (exact) mass is 389 g/mol. The number of carbonyl (C=O) groups is 1. The fourth-order valence-corrected chi connectivity index (χ4v) is 2.71. The molecular formula is C17H16BrN3O3. The van der Waals surface area contributed by atoms with Gasteiger partial charge < -0.3 is 14.8 Å². The second-order valence-electron chi connectivity index (χ2n) is 5.25. The highest BCUT2D eigenvalue weighted by atomic mass is 79.9. The first-order chi connectivity index (χ1) is 11.6. The van der Waals surface area contributed by atoms with E-state index in [4.69, 9.17) is 9.47 Å². The topological polar surface area (TPSA) is 72.0 Å². The Morgan fingerprint density at radius 1 is 1.29 bits per heavy atom. The van der Waals surface area contributed by atoms with Crippen LogP contribution in [0.2, 0.25) is 0 Å². The molecule has 0 atom stereocenters. The SMILES string of the molecule is Cc1ccc(NCC(=O)N/N=C\c2cc(Br)c3c(c2)OCO3)cc1. The highest BCUT2D eigenvalue weighted by molar-refractivity contribution is 9.10. The van der Waals surface area contributed by atoms with E-state index in [2.05, 4.69) is 31.8 Å². The Bertz CT molecular complexity index is 775. The van der Waals surface area contributed by atoms with E-state index in [0.29, 0.717) is 11.5 Å². The van der Waals surface area contributed by atoms with Crippen LogP contribution in [0.4, 0.5) is 5.69 Å². The second kappa shape index (κ2) is 7.35. The van der Waals surface area contributed by atoms with E-state index in [1.807, 2.05) is 37.3 Å². The molecule has 1 heterocycles. The Balaban J connectivity index is 1.51. The van der Waals surface area contributed by atoms with Crippen molar-refractivity contribution in [1.82, 2.24) is 5.43 Å². The number of nitrogens with zero attached hydrogens (tertiary/aromatic N) is 1. The number of amides is 1. The van der Waals surface area contributed by atoms with Crippen LogP contribution in [-0.4, -0.2) is 25.5 Å². The molecule has 2 aromatic carbocycles. The molecular weight excluding hydrogens is 374 g/mol. The number of carbonyl (C=O) groups excluding carboxylic acids is 1. The summed E-state index contributed by atoms with van der Waals surface area (Å²) < 4.78 is 11.4. The maximum atomic E-state index is 11.8. The van der Waals surface area contributed by atoms with Gasteiger partial charge in [0.05, 0.1) is 17.2 Å². The highest BCUT2D eigenvalue weighted by Crippen LogP contribution is 2.39. The number of benzene rings is 2. The standard InChI is InChI=1S/C17H16BrN3O3/c1-11-2-4-13(5-3-11)19-9-16(22)21-20-8-12-6-14(18)17-15(7-12)23-10-24-17/h2-8,19H,9-10H2,1H3,(H,21,22)/b20-8-. The molecule has 1 amide bonds. The van der Waals surface area contributed by atoms with Crippen LogP contribution in [0.25, 0.3) is 0 Å². The number of aryl methyl sites for hydroxylation is 1. The van der Waals surface area contributed by atoms with Crippen LogP contribution in [0.1, 0.15) is 11.1 Å². The van der Waals surface area contributed by atoms with Crippen LogP contribution in [0.3, 0.4) is 0 Å². The summed E-state index contributed by atoms with van der Waals surface area (Å²) in [5, 5.41) is 6.99. The van der Waals surface area contributed by atoms with Crippen molar-refractivity contribution in [3.8, 4) is 11.5 Å². The van der Waals surface area contributed by atoms with Gasteiger partial charge >= 0.3 is 0 Å². The number of hydrogen-bond acceptors (Lipinski definition) is 5. The highest BCUT2D eigenvalue weighted by Gasteiger charge is 2.17. The summed E-state index contributed by atoms with van der Waals surface area (Å²) in [5.74, 6) is 1.10. The van der Waals surface area contributed by atoms with Crippen molar-refractivity contribution >= 4 is 33.7 Å². The number of hydrogen-bond donors (Lipinski definition) is 2. The molecule has 2 aromatic rings. The van der Waals surface area contributed by atoms with E-state index in [-0.39, 0.29) is 19.2 Å². The van der Waals surface area contributed by atoms with Crippen molar-refractivity contribution in [3.05, 3.63) is 52.0 Å². The molecule has 0 aliphatic carbocycles. The fraction of sp³-hybridized carbons (Fsp3) is 0.176. The summed E-state index contributed by atoms with van der Waals surface area (Å²) in [5.41, 5.74) is 5.33. The van der Waals surface area contributed by atoms with Gasteiger partial charge in [-0.15, -0.1) is 0 Å². The van der Waals surface area contributed by atoms with Crippen molar-refractivity contribution in [2.45, 2.75) is 6.92 Å². The summed E-state index contributed by atoms with van der Waals surface area (Å²) in [6.45, 7) is 2.36. The molecule has 124 valence electrons. The van der Waals surface area contributed by atoms with Crippen molar-refractivity contribution in [2.75, 3.05) is 18.7 Å². The molecule has 0 aromatic heterocycles. The quantitative estimate of drug-likeness (QED) is 0.608. The summed E-state index contributed by atoms with van der Waals surface area (Å²) in [6.07, 6.45) is 1.55. The Kier molecular flexibility index (Phi) is 5.00. The Hall–Kier alpha value is -2.54. The molecule has 24 heavy (non-hydrogen) atoms. The normalized spacial score (nSPS) is 12.4. The fourth-order valence-electron chi connectivity index (χ4n) is 2.13. The third kappa shape index (κ3) is 4.05. The zero-order valence-electron chi connectivity index (χ0n) is 13.0. The zero-order chi connectivity index (χ0) is 16.9. The lowest BCUT2D eigenvalue weighted by Crippen LogP contribution is -2.25. The first kappa shape index (κ1) is 16.3. The van der Waals surface area contributed by atoms with E-state index < -0.39 is 0 Å². The number of hydrazone groups is 1. The van der Waals surface area contributed by atoms with Crippen molar-refractivity contribution < 1.29 is 14.3 Å². The third-order valence-electron chi connectivity index (χ3n) is 3.36. The molecule has 7 heteroatoms. The molecule has 0 bridgehead atoms. The van der Waals surface area contributed by atoms with Gasteiger partial charge in [-0.1, -0.05) is 17.7 Å². The Morgan fingerprint density at radius 3 is 2.88 bits per heavy atom. The average Bonchev–Trinajstić information content (AvgIpc) is 3.03. The van der Waals surface area contributed by atoms with E-state index in [9.17, 15) is 4.79 Å². The van der Waals surface area contributed by atoms with E-state index in [1.165, 1.54) is 5.56 Å². The van der Waals surface area contributed by atoms with Gasteiger partial charge in [-0.3, -0.25) is 4.79 Å².